The molecule has 184 valence electrons. The van der Waals surface area contributed by atoms with Crippen molar-refractivity contribution in [3.63, 3.8) is 0 Å². The van der Waals surface area contributed by atoms with Gasteiger partial charge in [0.2, 0.25) is 0 Å². The van der Waals surface area contributed by atoms with Crippen LogP contribution in [0, 0.1) is 6.92 Å². The highest BCUT2D eigenvalue weighted by Gasteiger charge is 2.14. The zero-order valence-corrected chi connectivity index (χ0v) is 20.4. The van der Waals surface area contributed by atoms with Crippen molar-refractivity contribution in [2.24, 2.45) is 0 Å². The molecule has 0 saturated heterocycles. The average molecular weight is 478 g/mol. The van der Waals surface area contributed by atoms with E-state index >= 15 is 0 Å². The molecule has 0 fully saturated rings. The maximum atomic E-state index is 12.4. The number of aromatic nitrogens is 4. The Balaban J connectivity index is 1.37. The Morgan fingerprint density at radius 1 is 1.03 bits per heavy atom. The molecule has 2 heterocycles. The molecule has 0 aliphatic heterocycles. The number of fused-ring (bicyclic) bond motifs is 3. The summed E-state index contributed by atoms with van der Waals surface area (Å²) < 4.78 is 18.1. The molecule has 0 aliphatic carbocycles. The summed E-state index contributed by atoms with van der Waals surface area (Å²) in [4.78, 5) is 17.3. The van der Waals surface area contributed by atoms with Gasteiger partial charge in [0.15, 0.2) is 5.65 Å². The van der Waals surface area contributed by atoms with E-state index in [-0.39, 0.29) is 5.91 Å². The van der Waals surface area contributed by atoms with Gasteiger partial charge in [-0.3, -0.25) is 9.20 Å². The van der Waals surface area contributed by atoms with E-state index in [1.807, 2.05) is 41.7 Å². The van der Waals surface area contributed by atoms with E-state index in [1.165, 1.54) is 0 Å². The molecule has 2 aromatic carbocycles. The molecule has 0 spiro atoms. The third-order valence-electron chi connectivity index (χ3n) is 5.81. The van der Waals surface area contributed by atoms with Gasteiger partial charge in [0, 0.05) is 19.7 Å². The fourth-order valence-electron chi connectivity index (χ4n) is 4.04. The number of hydrogen-bond acceptors (Lipinski definition) is 7. The van der Waals surface area contributed by atoms with Crippen LogP contribution in [0.5, 0.6) is 11.5 Å². The molecule has 0 radical (unpaired) electrons. The van der Waals surface area contributed by atoms with E-state index in [1.54, 1.807) is 26.4 Å². The second-order valence-electron chi connectivity index (χ2n) is 8.22. The zero-order valence-electron chi connectivity index (χ0n) is 20.4. The summed E-state index contributed by atoms with van der Waals surface area (Å²) in [7, 11) is 3.22. The molecule has 0 saturated carbocycles. The van der Waals surface area contributed by atoms with Gasteiger partial charge >= 0.3 is 0 Å². The highest BCUT2D eigenvalue weighted by atomic mass is 16.5. The molecule has 9 heteroatoms. The first-order valence-electron chi connectivity index (χ1n) is 11.8. The zero-order chi connectivity index (χ0) is 24.6. The smallest absolute Gasteiger partial charge is 0.255 e. The summed E-state index contributed by atoms with van der Waals surface area (Å²) in [5, 5.41) is 11.6. The number of rotatable bonds is 12. The lowest BCUT2D eigenvalue weighted by molar-refractivity contribution is 0.0950. The summed E-state index contributed by atoms with van der Waals surface area (Å²) in [6.07, 6.45) is 3.51. The van der Waals surface area contributed by atoms with Crippen LogP contribution in [0.1, 0.15) is 41.1 Å². The van der Waals surface area contributed by atoms with Crippen LogP contribution < -0.4 is 14.8 Å². The number of hydrogen-bond donors (Lipinski definition) is 1. The fraction of sp³-hybridized carbons (Fsp3) is 0.385. The van der Waals surface area contributed by atoms with Gasteiger partial charge in [0.25, 0.3) is 5.91 Å². The minimum absolute atomic E-state index is 0.122. The van der Waals surface area contributed by atoms with Crippen molar-refractivity contribution < 1.29 is 19.0 Å². The highest BCUT2D eigenvalue weighted by molar-refractivity contribution is 5.96. The molecule has 0 bridgehead atoms. The first kappa shape index (κ1) is 24.4. The number of nitrogens with zero attached hydrogens (tertiary/aromatic N) is 4. The summed E-state index contributed by atoms with van der Waals surface area (Å²) >= 11 is 0. The number of ether oxygens (including phenoxy) is 3. The quantitative estimate of drug-likeness (QED) is 0.310. The number of carbonyl (C=O) groups excluding carboxylic acids is 1. The molecule has 0 unspecified atom stereocenters. The van der Waals surface area contributed by atoms with Crippen molar-refractivity contribution in [1.82, 2.24) is 24.9 Å². The lowest BCUT2D eigenvalue weighted by atomic mass is 10.1. The summed E-state index contributed by atoms with van der Waals surface area (Å²) in [6, 6.07) is 13.1. The average Bonchev–Trinajstić information content (AvgIpc) is 3.27. The SMILES string of the molecule is COCCOc1ccc2c(c1)nc(CCCCCNC(=O)c1ccccc1OC)c1nnc(C)n12. The van der Waals surface area contributed by atoms with E-state index in [0.717, 1.165) is 59.6 Å². The van der Waals surface area contributed by atoms with Gasteiger partial charge in [0.1, 0.15) is 23.9 Å². The number of nitrogens with one attached hydrogen (secondary N) is 1. The number of aryl methyl sites for hydroxylation is 2. The lowest BCUT2D eigenvalue weighted by Crippen LogP contribution is -2.24. The molecular formula is C26H31N5O4. The predicted molar refractivity (Wildman–Crippen MR) is 133 cm³/mol. The third-order valence-corrected chi connectivity index (χ3v) is 5.81. The standard InChI is InChI=1S/C26H31N5O4/c1-18-29-30-25-21(28-22-17-19(35-16-15-33-2)12-13-23(22)31(18)25)10-5-4-8-14-27-26(32)20-9-6-7-11-24(20)34-3/h6-7,9,11-13,17H,4-5,8,10,14-16H2,1-3H3,(H,27,32). The molecular weight excluding hydrogens is 446 g/mol. The van der Waals surface area contributed by atoms with Crippen molar-refractivity contribution in [3.8, 4) is 11.5 Å². The van der Waals surface area contributed by atoms with Crippen LogP contribution in [0.2, 0.25) is 0 Å². The second-order valence-corrected chi connectivity index (χ2v) is 8.22. The molecule has 1 amide bonds. The van der Waals surface area contributed by atoms with Crippen LogP contribution in [0.15, 0.2) is 42.5 Å². The molecule has 4 rings (SSSR count). The van der Waals surface area contributed by atoms with Gasteiger partial charge in [-0.15, -0.1) is 10.2 Å². The molecule has 0 aliphatic rings. The second kappa shape index (κ2) is 11.6. The topological polar surface area (TPSA) is 99.9 Å². The highest BCUT2D eigenvalue weighted by Crippen LogP contribution is 2.24. The number of methoxy groups -OCH3 is 2. The Kier molecular flexibility index (Phi) is 8.10. The number of benzene rings is 2. The molecule has 1 N–H and O–H groups in total. The Labute approximate surface area is 204 Å². The van der Waals surface area contributed by atoms with Gasteiger partial charge in [-0.05, 0) is 50.5 Å². The first-order chi connectivity index (χ1) is 17.1. The molecule has 0 atom stereocenters. The van der Waals surface area contributed by atoms with E-state index in [2.05, 4.69) is 15.5 Å². The van der Waals surface area contributed by atoms with E-state index < -0.39 is 0 Å². The van der Waals surface area contributed by atoms with Crippen LogP contribution in [-0.2, 0) is 11.2 Å². The van der Waals surface area contributed by atoms with E-state index in [0.29, 0.717) is 31.1 Å². The maximum Gasteiger partial charge on any atom is 0.255 e. The minimum Gasteiger partial charge on any atom is -0.496 e. The van der Waals surface area contributed by atoms with Crippen molar-refractivity contribution in [2.45, 2.75) is 32.6 Å². The van der Waals surface area contributed by atoms with Crippen molar-refractivity contribution >= 4 is 22.6 Å². The Morgan fingerprint density at radius 3 is 2.71 bits per heavy atom. The maximum absolute atomic E-state index is 12.4. The minimum atomic E-state index is -0.122. The number of carbonyl (C=O) groups is 1. The van der Waals surface area contributed by atoms with Crippen molar-refractivity contribution in [3.05, 3.63) is 59.5 Å². The Morgan fingerprint density at radius 2 is 1.89 bits per heavy atom. The summed E-state index contributed by atoms with van der Waals surface area (Å²) in [5.41, 5.74) is 4.03. The molecule has 4 aromatic rings. The van der Waals surface area contributed by atoms with Gasteiger partial charge in [-0.2, -0.15) is 0 Å². The van der Waals surface area contributed by atoms with Crippen molar-refractivity contribution in [1.29, 1.82) is 0 Å². The van der Waals surface area contributed by atoms with Crippen LogP contribution in [-0.4, -0.2) is 59.5 Å². The van der Waals surface area contributed by atoms with Crippen LogP contribution >= 0.6 is 0 Å². The predicted octanol–water partition coefficient (Wildman–Crippen LogP) is 3.76. The van der Waals surface area contributed by atoms with Gasteiger partial charge < -0.3 is 19.5 Å². The Hall–Kier alpha value is -3.72. The normalized spacial score (nSPS) is 11.2. The lowest BCUT2D eigenvalue weighted by Gasteiger charge is -2.11. The van der Waals surface area contributed by atoms with Crippen molar-refractivity contribution in [2.75, 3.05) is 34.0 Å². The molecule has 2 aromatic heterocycles. The van der Waals surface area contributed by atoms with Gasteiger partial charge in [0.05, 0.1) is 36.0 Å². The Bertz CT molecular complexity index is 1300. The summed E-state index contributed by atoms with van der Waals surface area (Å²) in [6.45, 7) is 3.55. The number of amides is 1. The van der Waals surface area contributed by atoms with Crippen LogP contribution in [0.4, 0.5) is 0 Å². The fourth-order valence-corrected chi connectivity index (χ4v) is 4.04. The molecule has 9 nitrogen and oxygen atoms in total. The van der Waals surface area contributed by atoms with Crippen LogP contribution in [0.3, 0.4) is 0 Å². The molecule has 35 heavy (non-hydrogen) atoms. The number of unbranched alkanes of at least 4 members (excludes halogenated alkanes) is 2. The van der Waals surface area contributed by atoms with E-state index in [4.69, 9.17) is 19.2 Å². The monoisotopic (exact) mass is 477 g/mol. The van der Waals surface area contributed by atoms with Gasteiger partial charge in [-0.1, -0.05) is 18.6 Å². The number of para-hydroxylation sites is 1. The first-order valence-corrected chi connectivity index (χ1v) is 11.8. The summed E-state index contributed by atoms with van der Waals surface area (Å²) in [5.74, 6) is 2.03. The van der Waals surface area contributed by atoms with E-state index in [9.17, 15) is 4.79 Å². The third kappa shape index (κ3) is 5.68. The van der Waals surface area contributed by atoms with Crippen LogP contribution in [0.25, 0.3) is 16.7 Å². The largest absolute Gasteiger partial charge is 0.496 e. The van der Waals surface area contributed by atoms with Gasteiger partial charge in [-0.25, -0.2) is 4.98 Å².